The quantitative estimate of drug-likeness (QED) is 0.859. The van der Waals surface area contributed by atoms with Crippen molar-refractivity contribution in [1.82, 2.24) is 9.88 Å². The van der Waals surface area contributed by atoms with Crippen LogP contribution < -0.4 is 5.32 Å². The average Bonchev–Trinajstić information content (AvgIpc) is 3.06. The number of carboxylic acid groups (broad SMARTS) is 1. The van der Waals surface area contributed by atoms with Crippen LogP contribution in [0.25, 0.3) is 0 Å². The van der Waals surface area contributed by atoms with E-state index in [0.29, 0.717) is 17.2 Å². The standard InChI is InChI=1S/C16H17N3O4S/c20-15(13-8-11(10-24-13)16(21)22)18-14-3-1-2-12(17-14)9-19-4-6-23-7-5-19/h1-3,8,10H,4-7,9H2,(H,21,22)(H,17,18,20). The number of anilines is 1. The van der Waals surface area contributed by atoms with Gasteiger partial charge in [-0.15, -0.1) is 11.3 Å². The Hall–Kier alpha value is -2.29. The van der Waals surface area contributed by atoms with Gasteiger partial charge in [0.1, 0.15) is 5.82 Å². The molecule has 1 saturated heterocycles. The number of hydrogen-bond donors (Lipinski definition) is 2. The SMILES string of the molecule is O=C(O)c1csc(C(=O)Nc2cccc(CN3CCOCC3)n2)c1. The lowest BCUT2D eigenvalue weighted by Gasteiger charge is -2.26. The molecule has 1 fully saturated rings. The number of carbonyl (C=O) groups excluding carboxylic acids is 1. The maximum absolute atomic E-state index is 12.2. The number of aromatic carboxylic acids is 1. The van der Waals surface area contributed by atoms with Crippen LogP contribution in [0.4, 0.5) is 5.82 Å². The van der Waals surface area contributed by atoms with E-state index in [0.717, 1.165) is 43.3 Å². The van der Waals surface area contributed by atoms with E-state index in [1.54, 1.807) is 6.07 Å². The minimum atomic E-state index is -1.05. The zero-order valence-corrected chi connectivity index (χ0v) is 13.7. The Morgan fingerprint density at radius 1 is 1.33 bits per heavy atom. The molecule has 2 aromatic heterocycles. The molecule has 0 bridgehead atoms. The van der Waals surface area contributed by atoms with Gasteiger partial charge in [-0.3, -0.25) is 9.69 Å². The lowest BCUT2D eigenvalue weighted by molar-refractivity contribution is 0.0337. The minimum absolute atomic E-state index is 0.110. The predicted molar refractivity (Wildman–Crippen MR) is 89.6 cm³/mol. The Balaban J connectivity index is 1.64. The molecule has 0 aromatic carbocycles. The summed E-state index contributed by atoms with van der Waals surface area (Å²) in [5.41, 5.74) is 0.978. The molecule has 2 N–H and O–H groups in total. The fourth-order valence-electron chi connectivity index (χ4n) is 2.37. The number of hydrogen-bond acceptors (Lipinski definition) is 6. The van der Waals surface area contributed by atoms with E-state index in [1.807, 2.05) is 12.1 Å². The first kappa shape index (κ1) is 16.6. The molecule has 0 spiro atoms. The molecule has 7 nitrogen and oxygen atoms in total. The van der Waals surface area contributed by atoms with Crippen LogP contribution in [0.1, 0.15) is 25.7 Å². The van der Waals surface area contributed by atoms with Gasteiger partial charge < -0.3 is 15.2 Å². The highest BCUT2D eigenvalue weighted by Crippen LogP contribution is 2.17. The van der Waals surface area contributed by atoms with Gasteiger partial charge in [0.2, 0.25) is 0 Å². The highest BCUT2D eigenvalue weighted by Gasteiger charge is 2.14. The van der Waals surface area contributed by atoms with E-state index in [4.69, 9.17) is 9.84 Å². The Morgan fingerprint density at radius 3 is 2.83 bits per heavy atom. The van der Waals surface area contributed by atoms with Gasteiger partial charge in [-0.05, 0) is 18.2 Å². The number of ether oxygens (including phenoxy) is 1. The van der Waals surface area contributed by atoms with Crippen molar-refractivity contribution in [2.24, 2.45) is 0 Å². The van der Waals surface area contributed by atoms with E-state index >= 15 is 0 Å². The third-order valence-electron chi connectivity index (χ3n) is 3.61. The van der Waals surface area contributed by atoms with Crippen LogP contribution in [0.3, 0.4) is 0 Å². The van der Waals surface area contributed by atoms with E-state index in [1.165, 1.54) is 11.4 Å². The van der Waals surface area contributed by atoms with Gasteiger partial charge in [-0.1, -0.05) is 6.07 Å². The van der Waals surface area contributed by atoms with E-state index in [9.17, 15) is 9.59 Å². The molecular weight excluding hydrogens is 330 g/mol. The molecule has 3 rings (SSSR count). The molecule has 0 radical (unpaired) electrons. The van der Waals surface area contributed by atoms with Crippen LogP contribution in [0.15, 0.2) is 29.6 Å². The molecule has 3 heterocycles. The molecule has 0 saturated carbocycles. The predicted octanol–water partition coefficient (Wildman–Crippen LogP) is 1.93. The Bertz CT molecular complexity index is 740. The molecule has 2 aromatic rings. The number of nitrogens with zero attached hydrogens (tertiary/aromatic N) is 2. The van der Waals surface area contributed by atoms with Crippen LogP contribution in [0.2, 0.25) is 0 Å². The highest BCUT2D eigenvalue weighted by molar-refractivity contribution is 7.12. The summed E-state index contributed by atoms with van der Waals surface area (Å²) in [6, 6.07) is 6.83. The van der Waals surface area contributed by atoms with Gasteiger partial charge in [-0.25, -0.2) is 9.78 Å². The third kappa shape index (κ3) is 4.16. The first-order valence-corrected chi connectivity index (χ1v) is 8.39. The lowest BCUT2D eigenvalue weighted by Crippen LogP contribution is -2.35. The summed E-state index contributed by atoms with van der Waals surface area (Å²) >= 11 is 1.10. The molecule has 24 heavy (non-hydrogen) atoms. The second-order valence-corrected chi connectivity index (χ2v) is 6.27. The molecule has 1 aliphatic heterocycles. The van der Waals surface area contributed by atoms with Crippen molar-refractivity contribution in [2.45, 2.75) is 6.54 Å². The van der Waals surface area contributed by atoms with Crippen molar-refractivity contribution in [3.63, 3.8) is 0 Å². The highest BCUT2D eigenvalue weighted by atomic mass is 32.1. The van der Waals surface area contributed by atoms with Crippen LogP contribution >= 0.6 is 11.3 Å². The van der Waals surface area contributed by atoms with Crippen molar-refractivity contribution >= 4 is 29.0 Å². The Kier molecular flexibility index (Phi) is 5.19. The van der Waals surface area contributed by atoms with Crippen molar-refractivity contribution < 1.29 is 19.4 Å². The monoisotopic (exact) mass is 347 g/mol. The fraction of sp³-hybridized carbons (Fsp3) is 0.312. The fourth-order valence-corrected chi connectivity index (χ4v) is 3.15. The normalized spacial score (nSPS) is 15.2. The maximum Gasteiger partial charge on any atom is 0.336 e. The van der Waals surface area contributed by atoms with Gasteiger partial charge in [0, 0.05) is 25.0 Å². The Labute approximate surface area is 142 Å². The van der Waals surface area contributed by atoms with Crippen LogP contribution in [-0.4, -0.2) is 53.2 Å². The van der Waals surface area contributed by atoms with Gasteiger partial charge >= 0.3 is 5.97 Å². The summed E-state index contributed by atoms with van der Waals surface area (Å²) in [6.45, 7) is 3.88. The molecule has 1 aliphatic rings. The molecule has 0 atom stereocenters. The summed E-state index contributed by atoms with van der Waals surface area (Å²) in [4.78, 5) is 30.1. The average molecular weight is 347 g/mol. The zero-order valence-electron chi connectivity index (χ0n) is 12.9. The van der Waals surface area contributed by atoms with Crippen LogP contribution in [0.5, 0.6) is 0 Å². The summed E-state index contributed by atoms with van der Waals surface area (Å²) in [5, 5.41) is 13.1. The van der Waals surface area contributed by atoms with Crippen molar-refractivity contribution in [2.75, 3.05) is 31.6 Å². The molecular formula is C16H17N3O4S. The largest absolute Gasteiger partial charge is 0.478 e. The number of thiophene rings is 1. The lowest BCUT2D eigenvalue weighted by atomic mass is 10.3. The summed E-state index contributed by atoms with van der Waals surface area (Å²) in [5.74, 6) is -0.949. The topological polar surface area (TPSA) is 91.8 Å². The van der Waals surface area contributed by atoms with Gasteiger partial charge in [0.25, 0.3) is 5.91 Å². The minimum Gasteiger partial charge on any atom is -0.478 e. The van der Waals surface area contributed by atoms with Gasteiger partial charge in [0.15, 0.2) is 0 Å². The number of pyridine rings is 1. The molecule has 0 unspecified atom stereocenters. The van der Waals surface area contributed by atoms with E-state index < -0.39 is 5.97 Å². The van der Waals surface area contributed by atoms with Crippen molar-refractivity contribution in [1.29, 1.82) is 0 Å². The number of rotatable bonds is 5. The van der Waals surface area contributed by atoms with Gasteiger partial charge in [0.05, 0.1) is 29.3 Å². The number of carboxylic acids is 1. The number of amides is 1. The number of carbonyl (C=O) groups is 2. The molecule has 8 heteroatoms. The zero-order chi connectivity index (χ0) is 16.9. The molecule has 0 aliphatic carbocycles. The van der Waals surface area contributed by atoms with Crippen molar-refractivity contribution in [3.05, 3.63) is 45.8 Å². The first-order chi connectivity index (χ1) is 11.6. The van der Waals surface area contributed by atoms with Crippen molar-refractivity contribution in [3.8, 4) is 0 Å². The van der Waals surface area contributed by atoms with Crippen LogP contribution in [0, 0.1) is 0 Å². The van der Waals surface area contributed by atoms with E-state index in [-0.39, 0.29) is 11.5 Å². The van der Waals surface area contributed by atoms with E-state index in [2.05, 4.69) is 15.2 Å². The smallest absolute Gasteiger partial charge is 0.336 e. The summed E-state index contributed by atoms with van der Waals surface area (Å²) in [6.07, 6.45) is 0. The number of aromatic nitrogens is 1. The second kappa shape index (κ2) is 7.52. The summed E-state index contributed by atoms with van der Waals surface area (Å²) in [7, 11) is 0. The maximum atomic E-state index is 12.2. The number of nitrogens with one attached hydrogen (secondary N) is 1. The molecule has 126 valence electrons. The second-order valence-electron chi connectivity index (χ2n) is 5.36. The first-order valence-electron chi connectivity index (χ1n) is 7.51. The number of morpholine rings is 1. The third-order valence-corrected chi connectivity index (χ3v) is 4.54. The summed E-state index contributed by atoms with van der Waals surface area (Å²) < 4.78 is 5.32. The molecule has 1 amide bonds. The van der Waals surface area contributed by atoms with Gasteiger partial charge in [-0.2, -0.15) is 0 Å². The Morgan fingerprint density at radius 2 is 2.12 bits per heavy atom. The van der Waals surface area contributed by atoms with Crippen LogP contribution in [-0.2, 0) is 11.3 Å².